The zero-order chi connectivity index (χ0) is 27.6. The summed E-state index contributed by atoms with van der Waals surface area (Å²) >= 11 is 0. The van der Waals surface area contributed by atoms with E-state index in [1.165, 1.54) is 29.9 Å². The maximum absolute atomic E-state index is 13.6. The number of para-hydroxylation sites is 1. The minimum Gasteiger partial charge on any atom is -0.466 e. The van der Waals surface area contributed by atoms with E-state index in [9.17, 15) is 22.8 Å². The molecule has 38 heavy (non-hydrogen) atoms. The van der Waals surface area contributed by atoms with Crippen molar-refractivity contribution in [3.63, 3.8) is 0 Å². The lowest BCUT2D eigenvalue weighted by Crippen LogP contribution is -2.42. The summed E-state index contributed by atoms with van der Waals surface area (Å²) in [4.78, 5) is 40.3. The molecule has 1 atom stereocenters. The lowest BCUT2D eigenvalue weighted by atomic mass is 9.97. The fourth-order valence-corrected chi connectivity index (χ4v) is 6.07. The molecule has 0 radical (unpaired) electrons. The first kappa shape index (κ1) is 27.2. The Bertz CT molecular complexity index is 1510. The van der Waals surface area contributed by atoms with E-state index in [-0.39, 0.29) is 41.2 Å². The molecule has 4 rings (SSSR count). The summed E-state index contributed by atoms with van der Waals surface area (Å²) < 4.78 is 36.4. The monoisotopic (exact) mass is 540 g/mol. The van der Waals surface area contributed by atoms with Crippen molar-refractivity contribution in [3.8, 4) is 5.69 Å². The number of carbonyl (C=O) groups is 2. The second-order valence-corrected chi connectivity index (χ2v) is 11.2. The number of hydrogen-bond donors (Lipinski definition) is 0. The van der Waals surface area contributed by atoms with Crippen molar-refractivity contribution in [2.24, 2.45) is 13.0 Å². The lowest BCUT2D eigenvalue weighted by Gasteiger charge is -2.31. The molecule has 11 heteroatoms. The normalized spacial score (nSPS) is 15.8. The van der Waals surface area contributed by atoms with Gasteiger partial charge in [-0.3, -0.25) is 23.4 Å². The van der Waals surface area contributed by atoms with Crippen molar-refractivity contribution in [1.82, 2.24) is 14.3 Å². The average molecular weight is 541 g/mol. The number of likely N-dealkylation sites (tertiary alicyclic amines) is 1. The molecule has 0 N–H and O–H groups in total. The van der Waals surface area contributed by atoms with Crippen LogP contribution in [-0.4, -0.2) is 61.3 Å². The highest BCUT2D eigenvalue weighted by Crippen LogP contribution is 2.26. The molecule has 3 aromatic rings. The zero-order valence-corrected chi connectivity index (χ0v) is 22.8. The van der Waals surface area contributed by atoms with E-state index >= 15 is 0 Å². The van der Waals surface area contributed by atoms with Gasteiger partial charge in [-0.05, 0) is 57.0 Å². The summed E-state index contributed by atoms with van der Waals surface area (Å²) in [5.41, 5.74) is 0.801. The second kappa shape index (κ2) is 10.9. The molecule has 0 unspecified atom stereocenters. The molecule has 2 heterocycles. The van der Waals surface area contributed by atoms with E-state index in [4.69, 9.17) is 4.74 Å². The van der Waals surface area contributed by atoms with Crippen molar-refractivity contribution < 1.29 is 22.7 Å². The Morgan fingerprint density at radius 3 is 2.50 bits per heavy atom. The average Bonchev–Trinajstić information content (AvgIpc) is 3.15. The number of nitrogens with zero attached hydrogens (tertiary/aromatic N) is 4. The SMILES string of the molecule is CCOC(=O)[C@@H]1CCCN(C(=O)c2cccc(S(=O)(=O)N(C)c3c(C)n(C)n(-c4ccccc4)c3=O)c2)C1. The highest BCUT2D eigenvalue weighted by Gasteiger charge is 2.32. The van der Waals surface area contributed by atoms with Crippen LogP contribution in [0.1, 0.15) is 35.8 Å². The number of piperidine rings is 1. The molecule has 1 aliphatic rings. The van der Waals surface area contributed by atoms with Gasteiger partial charge in [0, 0.05) is 32.7 Å². The first-order chi connectivity index (χ1) is 18.1. The number of amides is 1. The van der Waals surface area contributed by atoms with Gasteiger partial charge in [-0.15, -0.1) is 0 Å². The Hall–Kier alpha value is -3.86. The highest BCUT2D eigenvalue weighted by atomic mass is 32.2. The largest absolute Gasteiger partial charge is 0.466 e. The Labute approximate surface area is 222 Å². The van der Waals surface area contributed by atoms with Gasteiger partial charge in [0.25, 0.3) is 21.5 Å². The van der Waals surface area contributed by atoms with Crippen LogP contribution in [0.2, 0.25) is 0 Å². The first-order valence-corrected chi connectivity index (χ1v) is 13.9. The quantitative estimate of drug-likeness (QED) is 0.426. The fraction of sp³-hybridized carbons (Fsp3) is 0.370. The van der Waals surface area contributed by atoms with Crippen molar-refractivity contribution in [2.75, 3.05) is 31.0 Å². The summed E-state index contributed by atoms with van der Waals surface area (Å²) in [5, 5.41) is 0. The third kappa shape index (κ3) is 4.98. The van der Waals surface area contributed by atoms with Gasteiger partial charge in [0.1, 0.15) is 5.69 Å². The summed E-state index contributed by atoms with van der Waals surface area (Å²) in [7, 11) is -1.16. The number of benzene rings is 2. The molecule has 2 aromatic carbocycles. The number of aromatic nitrogens is 2. The Morgan fingerprint density at radius 2 is 1.82 bits per heavy atom. The first-order valence-electron chi connectivity index (χ1n) is 12.5. The molecular formula is C27H32N4O6S. The molecule has 0 spiro atoms. The van der Waals surface area contributed by atoms with Crippen LogP contribution >= 0.6 is 0 Å². The maximum Gasteiger partial charge on any atom is 0.310 e. The number of carbonyl (C=O) groups excluding carboxylic acids is 2. The minimum atomic E-state index is -4.18. The summed E-state index contributed by atoms with van der Waals surface area (Å²) in [6.07, 6.45) is 1.29. The van der Waals surface area contributed by atoms with Gasteiger partial charge in [-0.25, -0.2) is 13.1 Å². The number of sulfonamides is 1. The Balaban J connectivity index is 1.64. The number of hydrogen-bond acceptors (Lipinski definition) is 6. The van der Waals surface area contributed by atoms with Crippen LogP contribution in [0, 0.1) is 12.8 Å². The molecule has 0 aliphatic carbocycles. The van der Waals surface area contributed by atoms with Crippen LogP contribution < -0.4 is 9.86 Å². The number of ether oxygens (including phenoxy) is 1. The van der Waals surface area contributed by atoms with Crippen LogP contribution in [0.5, 0.6) is 0 Å². The van der Waals surface area contributed by atoms with Gasteiger partial charge in [-0.2, -0.15) is 0 Å². The smallest absolute Gasteiger partial charge is 0.310 e. The summed E-state index contributed by atoms with van der Waals surface area (Å²) in [6.45, 7) is 4.37. The number of esters is 1. The third-order valence-corrected chi connectivity index (χ3v) is 8.66. The van der Waals surface area contributed by atoms with E-state index < -0.39 is 21.5 Å². The predicted molar refractivity (Wildman–Crippen MR) is 143 cm³/mol. The minimum absolute atomic E-state index is 0.0152. The Kier molecular flexibility index (Phi) is 7.77. The second-order valence-electron chi connectivity index (χ2n) is 9.25. The third-order valence-electron chi connectivity index (χ3n) is 6.91. The van der Waals surface area contributed by atoms with Crippen molar-refractivity contribution in [2.45, 2.75) is 31.6 Å². The lowest BCUT2D eigenvalue weighted by molar-refractivity contribution is -0.149. The van der Waals surface area contributed by atoms with Gasteiger partial charge in [0.15, 0.2) is 0 Å². The van der Waals surface area contributed by atoms with Crippen molar-refractivity contribution >= 4 is 27.6 Å². The van der Waals surface area contributed by atoms with Crippen molar-refractivity contribution in [1.29, 1.82) is 0 Å². The summed E-state index contributed by atoms with van der Waals surface area (Å²) in [6, 6.07) is 14.7. The van der Waals surface area contributed by atoms with Crippen LogP contribution in [0.4, 0.5) is 5.69 Å². The van der Waals surface area contributed by atoms with E-state index in [0.29, 0.717) is 30.8 Å². The van der Waals surface area contributed by atoms with E-state index in [2.05, 4.69) is 0 Å². The van der Waals surface area contributed by atoms with Crippen molar-refractivity contribution in [3.05, 3.63) is 76.2 Å². The molecule has 1 amide bonds. The fourth-order valence-electron chi connectivity index (χ4n) is 4.78. The molecule has 10 nitrogen and oxygen atoms in total. The van der Waals surface area contributed by atoms with E-state index in [1.807, 2.05) is 6.07 Å². The highest BCUT2D eigenvalue weighted by molar-refractivity contribution is 7.92. The van der Waals surface area contributed by atoms with Crippen LogP contribution in [0.15, 0.2) is 64.3 Å². The molecular weight excluding hydrogens is 508 g/mol. The molecule has 0 bridgehead atoms. The summed E-state index contributed by atoms with van der Waals surface area (Å²) in [5.74, 6) is -1.10. The van der Waals surface area contributed by atoms with E-state index in [0.717, 1.165) is 4.31 Å². The molecule has 1 saturated heterocycles. The van der Waals surface area contributed by atoms with E-state index in [1.54, 1.807) is 60.8 Å². The molecule has 1 fully saturated rings. The van der Waals surface area contributed by atoms with Gasteiger partial charge < -0.3 is 9.64 Å². The molecule has 202 valence electrons. The van der Waals surface area contributed by atoms with Gasteiger partial charge in [0.05, 0.1) is 28.8 Å². The zero-order valence-electron chi connectivity index (χ0n) is 22.0. The maximum atomic E-state index is 13.6. The predicted octanol–water partition coefficient (Wildman–Crippen LogP) is 2.72. The standard InChI is InChI=1S/C27H32N4O6S/c1-5-37-27(34)21-12-10-16-30(18-21)25(32)20-11-9-15-23(17-20)38(35,36)29(4)24-19(2)28(3)31(26(24)33)22-13-7-6-8-14-22/h6-9,11,13-15,17,21H,5,10,12,16,18H2,1-4H3/t21-/m1/s1. The molecule has 1 aliphatic heterocycles. The number of rotatable bonds is 7. The van der Waals surface area contributed by atoms with Crippen LogP contribution in [-0.2, 0) is 26.6 Å². The Morgan fingerprint density at radius 1 is 1.11 bits per heavy atom. The van der Waals surface area contributed by atoms with Gasteiger partial charge in [-0.1, -0.05) is 24.3 Å². The number of anilines is 1. The molecule has 0 saturated carbocycles. The van der Waals surface area contributed by atoms with Gasteiger partial charge in [0.2, 0.25) is 0 Å². The topological polar surface area (TPSA) is 111 Å². The van der Waals surface area contributed by atoms with Crippen LogP contribution in [0.25, 0.3) is 5.69 Å². The van der Waals surface area contributed by atoms with Gasteiger partial charge >= 0.3 is 5.97 Å². The molecule has 1 aromatic heterocycles. The van der Waals surface area contributed by atoms with Crippen LogP contribution in [0.3, 0.4) is 0 Å².